The minimum atomic E-state index is 0.201. The van der Waals surface area contributed by atoms with E-state index in [-0.39, 0.29) is 5.54 Å². The Balaban J connectivity index is 1.77. The molecule has 19 heavy (non-hydrogen) atoms. The summed E-state index contributed by atoms with van der Waals surface area (Å²) in [5.74, 6) is 1.75. The molecule has 0 aromatic heterocycles. The Morgan fingerprint density at radius 3 is 2.53 bits per heavy atom. The maximum Gasteiger partial charge on any atom is 0.119 e. The number of hydrogen-bond donors (Lipinski definition) is 1. The van der Waals surface area contributed by atoms with Gasteiger partial charge in [0.25, 0.3) is 0 Å². The monoisotopic (exact) mass is 259 g/mol. The molecule has 2 nitrogen and oxygen atoms in total. The van der Waals surface area contributed by atoms with Crippen molar-refractivity contribution in [3.63, 3.8) is 0 Å². The number of rotatable bonds is 5. The molecule has 1 aromatic carbocycles. The van der Waals surface area contributed by atoms with Gasteiger partial charge < -0.3 is 10.1 Å². The van der Waals surface area contributed by atoms with Crippen LogP contribution in [0.2, 0.25) is 0 Å². The summed E-state index contributed by atoms with van der Waals surface area (Å²) in [5, 5.41) is 3.75. The van der Waals surface area contributed by atoms with Gasteiger partial charge in [0, 0.05) is 5.54 Å². The Kier molecular flexibility index (Phi) is 3.53. The SMILES string of the molecule is CC(C)CC1(c2ccc(OC3CC3)cc2)CCCN1. The van der Waals surface area contributed by atoms with Crippen LogP contribution in [0, 0.1) is 5.92 Å². The van der Waals surface area contributed by atoms with Crippen molar-refractivity contribution in [2.75, 3.05) is 6.54 Å². The number of benzene rings is 1. The highest BCUT2D eigenvalue weighted by molar-refractivity contribution is 5.33. The van der Waals surface area contributed by atoms with E-state index in [4.69, 9.17) is 4.74 Å². The van der Waals surface area contributed by atoms with Crippen molar-refractivity contribution in [3.8, 4) is 5.75 Å². The Labute approximate surface area is 116 Å². The van der Waals surface area contributed by atoms with Crippen molar-refractivity contribution in [2.24, 2.45) is 5.92 Å². The van der Waals surface area contributed by atoms with Gasteiger partial charge in [0.05, 0.1) is 6.10 Å². The van der Waals surface area contributed by atoms with Gasteiger partial charge in [-0.15, -0.1) is 0 Å². The minimum Gasteiger partial charge on any atom is -0.490 e. The van der Waals surface area contributed by atoms with E-state index in [1.54, 1.807) is 0 Å². The van der Waals surface area contributed by atoms with Crippen LogP contribution in [0.25, 0.3) is 0 Å². The third-order valence-electron chi connectivity index (χ3n) is 4.23. The van der Waals surface area contributed by atoms with Gasteiger partial charge in [0.1, 0.15) is 5.75 Å². The van der Waals surface area contributed by atoms with Crippen molar-refractivity contribution in [1.82, 2.24) is 5.32 Å². The molecule has 1 saturated heterocycles. The van der Waals surface area contributed by atoms with Crippen molar-refractivity contribution >= 4 is 0 Å². The van der Waals surface area contributed by atoms with E-state index >= 15 is 0 Å². The van der Waals surface area contributed by atoms with Crippen LogP contribution in [0.4, 0.5) is 0 Å². The first-order chi connectivity index (χ1) is 9.18. The molecule has 0 radical (unpaired) electrons. The van der Waals surface area contributed by atoms with Crippen LogP contribution < -0.4 is 10.1 Å². The Bertz CT molecular complexity index is 413. The molecule has 2 heteroatoms. The lowest BCUT2D eigenvalue weighted by atomic mass is 9.81. The highest BCUT2D eigenvalue weighted by Crippen LogP contribution is 2.37. The molecule has 1 atom stereocenters. The predicted octanol–water partition coefficient (Wildman–Crippen LogP) is 3.85. The molecule has 0 bridgehead atoms. The topological polar surface area (TPSA) is 21.3 Å². The molecule has 104 valence electrons. The summed E-state index contributed by atoms with van der Waals surface area (Å²) in [6.45, 7) is 5.77. The van der Waals surface area contributed by atoms with E-state index < -0.39 is 0 Å². The van der Waals surface area contributed by atoms with E-state index in [1.807, 2.05) is 0 Å². The van der Waals surface area contributed by atoms with Crippen LogP contribution in [0.15, 0.2) is 24.3 Å². The standard InChI is InChI=1S/C17H25NO/c1-13(2)12-17(10-3-11-18-17)14-4-6-15(7-5-14)19-16-8-9-16/h4-7,13,16,18H,3,8-12H2,1-2H3. The molecule has 1 aliphatic heterocycles. The first-order valence-electron chi connectivity index (χ1n) is 7.70. The summed E-state index contributed by atoms with van der Waals surface area (Å²) in [6.07, 6.45) is 6.69. The minimum absolute atomic E-state index is 0.201. The molecule has 1 unspecified atom stereocenters. The zero-order chi connectivity index (χ0) is 13.3. The van der Waals surface area contributed by atoms with Gasteiger partial charge in [-0.3, -0.25) is 0 Å². The second-order valence-corrected chi connectivity index (χ2v) is 6.55. The van der Waals surface area contributed by atoms with Crippen LogP contribution >= 0.6 is 0 Å². The highest BCUT2D eigenvalue weighted by Gasteiger charge is 2.35. The number of ether oxygens (including phenoxy) is 1. The lowest BCUT2D eigenvalue weighted by Crippen LogP contribution is -2.38. The summed E-state index contributed by atoms with van der Waals surface area (Å²) in [7, 11) is 0. The van der Waals surface area contributed by atoms with E-state index in [1.165, 1.54) is 37.7 Å². The van der Waals surface area contributed by atoms with Gasteiger partial charge >= 0.3 is 0 Å². The third-order valence-corrected chi connectivity index (χ3v) is 4.23. The van der Waals surface area contributed by atoms with Gasteiger partial charge in [-0.05, 0) is 62.3 Å². The zero-order valence-electron chi connectivity index (χ0n) is 12.1. The van der Waals surface area contributed by atoms with Crippen LogP contribution in [0.5, 0.6) is 5.75 Å². The quantitative estimate of drug-likeness (QED) is 0.867. The van der Waals surface area contributed by atoms with E-state index in [0.717, 1.165) is 12.3 Å². The zero-order valence-corrected chi connectivity index (χ0v) is 12.1. The molecule has 2 aliphatic rings. The Morgan fingerprint density at radius 2 is 2.00 bits per heavy atom. The normalized spacial score (nSPS) is 26.9. The smallest absolute Gasteiger partial charge is 0.119 e. The van der Waals surface area contributed by atoms with Crippen LogP contribution in [-0.4, -0.2) is 12.6 Å². The fourth-order valence-electron chi connectivity index (χ4n) is 3.27. The number of nitrogens with one attached hydrogen (secondary N) is 1. The average molecular weight is 259 g/mol. The summed E-state index contributed by atoms with van der Waals surface area (Å²) in [4.78, 5) is 0. The summed E-state index contributed by atoms with van der Waals surface area (Å²) in [6, 6.07) is 8.82. The van der Waals surface area contributed by atoms with Crippen LogP contribution in [0.3, 0.4) is 0 Å². The van der Waals surface area contributed by atoms with Gasteiger partial charge in [-0.25, -0.2) is 0 Å². The molecule has 1 aliphatic carbocycles. The first kappa shape index (κ1) is 13.0. The Morgan fingerprint density at radius 1 is 1.26 bits per heavy atom. The van der Waals surface area contributed by atoms with E-state index in [0.29, 0.717) is 12.0 Å². The Hall–Kier alpha value is -1.02. The van der Waals surface area contributed by atoms with Crippen molar-refractivity contribution in [1.29, 1.82) is 0 Å². The lowest BCUT2D eigenvalue weighted by molar-refractivity contribution is 0.299. The van der Waals surface area contributed by atoms with Crippen molar-refractivity contribution in [2.45, 2.75) is 57.6 Å². The maximum atomic E-state index is 5.84. The molecule has 1 heterocycles. The summed E-state index contributed by atoms with van der Waals surface area (Å²) < 4.78 is 5.84. The van der Waals surface area contributed by atoms with Crippen molar-refractivity contribution in [3.05, 3.63) is 29.8 Å². The first-order valence-corrected chi connectivity index (χ1v) is 7.70. The van der Waals surface area contributed by atoms with Crippen molar-refractivity contribution < 1.29 is 4.74 Å². The van der Waals surface area contributed by atoms with E-state index in [2.05, 4.69) is 43.4 Å². The predicted molar refractivity (Wildman–Crippen MR) is 78.5 cm³/mol. The molecule has 1 N–H and O–H groups in total. The average Bonchev–Trinajstić information content (AvgIpc) is 3.07. The molecule has 1 aromatic rings. The van der Waals surface area contributed by atoms with Crippen LogP contribution in [-0.2, 0) is 5.54 Å². The fourth-order valence-corrected chi connectivity index (χ4v) is 3.27. The second kappa shape index (κ2) is 5.16. The van der Waals surface area contributed by atoms with Gasteiger partial charge in [-0.1, -0.05) is 26.0 Å². The second-order valence-electron chi connectivity index (χ2n) is 6.55. The molecular formula is C17H25NO. The highest BCUT2D eigenvalue weighted by atomic mass is 16.5. The largest absolute Gasteiger partial charge is 0.490 e. The van der Waals surface area contributed by atoms with Crippen LogP contribution in [0.1, 0.15) is 51.5 Å². The maximum absolute atomic E-state index is 5.84. The summed E-state index contributed by atoms with van der Waals surface area (Å²) >= 11 is 0. The molecule has 0 spiro atoms. The lowest BCUT2D eigenvalue weighted by Gasteiger charge is -2.32. The molecule has 0 amide bonds. The molecule has 1 saturated carbocycles. The molecule has 3 rings (SSSR count). The molecular weight excluding hydrogens is 234 g/mol. The van der Waals surface area contributed by atoms with Gasteiger partial charge in [-0.2, -0.15) is 0 Å². The molecule has 2 fully saturated rings. The van der Waals surface area contributed by atoms with Gasteiger partial charge in [0.15, 0.2) is 0 Å². The van der Waals surface area contributed by atoms with Gasteiger partial charge in [0.2, 0.25) is 0 Å². The number of hydrogen-bond acceptors (Lipinski definition) is 2. The van der Waals surface area contributed by atoms with E-state index in [9.17, 15) is 0 Å². The third kappa shape index (κ3) is 2.94. The summed E-state index contributed by atoms with van der Waals surface area (Å²) in [5.41, 5.74) is 1.63. The fraction of sp³-hybridized carbons (Fsp3) is 0.647.